The Morgan fingerprint density at radius 1 is 1.27 bits per heavy atom. The molecule has 22 heavy (non-hydrogen) atoms. The van der Waals surface area contributed by atoms with Crippen LogP contribution in [0.3, 0.4) is 0 Å². The Bertz CT molecular complexity index is 694. The first-order chi connectivity index (χ1) is 10.6. The summed E-state index contributed by atoms with van der Waals surface area (Å²) in [5.41, 5.74) is 0.499. The third kappa shape index (κ3) is 4.39. The zero-order chi connectivity index (χ0) is 15.9. The number of esters is 1. The Labute approximate surface area is 128 Å². The topological polar surface area (TPSA) is 70.4 Å². The third-order valence-electron chi connectivity index (χ3n) is 3.09. The van der Waals surface area contributed by atoms with Crippen LogP contribution < -0.4 is 5.56 Å². The molecule has 0 amide bonds. The molecular weight excluding hydrogens is 284 g/mol. The van der Waals surface area contributed by atoms with E-state index >= 15 is 0 Å². The smallest absolute Gasteiger partial charge is 0.307 e. The van der Waals surface area contributed by atoms with E-state index in [1.807, 2.05) is 19.9 Å². The van der Waals surface area contributed by atoms with Crippen LogP contribution in [0.5, 0.6) is 0 Å². The molecule has 0 bridgehead atoms. The van der Waals surface area contributed by atoms with E-state index < -0.39 is 0 Å². The van der Waals surface area contributed by atoms with Crippen LogP contribution >= 0.6 is 0 Å². The predicted octanol–water partition coefficient (Wildman–Crippen LogP) is 1.75. The largest absolute Gasteiger partial charge is 0.463 e. The van der Waals surface area contributed by atoms with Gasteiger partial charge in [-0.2, -0.15) is 0 Å². The Morgan fingerprint density at radius 3 is 2.82 bits per heavy atom. The van der Waals surface area contributed by atoms with Gasteiger partial charge in [0.25, 0.3) is 5.56 Å². The van der Waals surface area contributed by atoms with Crippen LogP contribution in [0, 0.1) is 0 Å². The molecule has 1 heterocycles. The highest BCUT2D eigenvalue weighted by Gasteiger charge is 2.07. The standard InChI is InChI=1S/C16H20N2O4/c1-12(2)21-9-10-22-15(19)7-8-18-11-17-14-6-4-3-5-13(14)16(18)20/h3-6,11-12H,7-10H2,1-2H3. The summed E-state index contributed by atoms with van der Waals surface area (Å²) in [4.78, 5) is 28.1. The summed E-state index contributed by atoms with van der Waals surface area (Å²) in [6, 6.07) is 7.13. The molecule has 0 saturated carbocycles. The third-order valence-corrected chi connectivity index (χ3v) is 3.09. The van der Waals surface area contributed by atoms with Gasteiger partial charge in [-0.1, -0.05) is 12.1 Å². The second kappa shape index (κ2) is 7.70. The Hall–Kier alpha value is -2.21. The zero-order valence-corrected chi connectivity index (χ0v) is 12.8. The van der Waals surface area contributed by atoms with Gasteiger partial charge in [0, 0.05) is 6.54 Å². The van der Waals surface area contributed by atoms with Gasteiger partial charge in [0.15, 0.2) is 0 Å². The number of fused-ring (bicyclic) bond motifs is 1. The van der Waals surface area contributed by atoms with Crippen LogP contribution in [-0.4, -0.2) is 34.8 Å². The minimum atomic E-state index is -0.354. The number of hydrogen-bond acceptors (Lipinski definition) is 5. The molecular formula is C16H20N2O4. The number of carbonyl (C=O) groups is 1. The van der Waals surface area contributed by atoms with Crippen molar-refractivity contribution in [3.8, 4) is 0 Å². The lowest BCUT2D eigenvalue weighted by Gasteiger charge is -2.09. The molecule has 0 saturated heterocycles. The van der Waals surface area contributed by atoms with Crippen molar-refractivity contribution in [2.45, 2.75) is 32.9 Å². The molecule has 0 spiro atoms. The average Bonchev–Trinajstić information content (AvgIpc) is 2.51. The highest BCUT2D eigenvalue weighted by Crippen LogP contribution is 2.05. The van der Waals surface area contributed by atoms with Crippen molar-refractivity contribution >= 4 is 16.9 Å². The summed E-state index contributed by atoms with van der Waals surface area (Å²) in [5.74, 6) is -0.354. The number of hydrogen-bond donors (Lipinski definition) is 0. The first-order valence-corrected chi connectivity index (χ1v) is 7.29. The van der Waals surface area contributed by atoms with Crippen molar-refractivity contribution in [2.75, 3.05) is 13.2 Å². The quantitative estimate of drug-likeness (QED) is 0.576. The molecule has 2 rings (SSSR count). The van der Waals surface area contributed by atoms with Crippen LogP contribution in [0.2, 0.25) is 0 Å². The fourth-order valence-corrected chi connectivity index (χ4v) is 1.99. The van der Waals surface area contributed by atoms with E-state index in [1.54, 1.807) is 18.2 Å². The minimum Gasteiger partial charge on any atom is -0.463 e. The Balaban J connectivity index is 1.88. The maximum Gasteiger partial charge on any atom is 0.307 e. The van der Waals surface area contributed by atoms with Crippen molar-refractivity contribution in [1.29, 1.82) is 0 Å². The number of ether oxygens (including phenoxy) is 2. The second-order valence-electron chi connectivity index (χ2n) is 5.15. The van der Waals surface area contributed by atoms with E-state index in [0.29, 0.717) is 17.5 Å². The van der Waals surface area contributed by atoms with Crippen LogP contribution in [0.15, 0.2) is 35.4 Å². The summed E-state index contributed by atoms with van der Waals surface area (Å²) in [6.45, 7) is 4.69. The van der Waals surface area contributed by atoms with Gasteiger partial charge in [-0.25, -0.2) is 4.98 Å². The molecule has 0 fully saturated rings. The fourth-order valence-electron chi connectivity index (χ4n) is 1.99. The van der Waals surface area contributed by atoms with Gasteiger partial charge in [-0.05, 0) is 26.0 Å². The van der Waals surface area contributed by atoms with E-state index in [2.05, 4.69) is 4.98 Å². The number of benzene rings is 1. The number of nitrogens with zero attached hydrogens (tertiary/aromatic N) is 2. The lowest BCUT2D eigenvalue weighted by atomic mass is 10.2. The molecule has 0 aliphatic rings. The minimum absolute atomic E-state index is 0.112. The predicted molar refractivity (Wildman–Crippen MR) is 82.7 cm³/mol. The van der Waals surface area contributed by atoms with Crippen molar-refractivity contribution in [3.63, 3.8) is 0 Å². The van der Waals surface area contributed by atoms with E-state index in [9.17, 15) is 9.59 Å². The van der Waals surface area contributed by atoms with Crippen LogP contribution in [0.25, 0.3) is 10.9 Å². The van der Waals surface area contributed by atoms with Gasteiger partial charge in [-0.15, -0.1) is 0 Å². The normalized spacial score (nSPS) is 11.0. The van der Waals surface area contributed by atoms with E-state index in [1.165, 1.54) is 10.9 Å². The number of para-hydroxylation sites is 1. The maximum absolute atomic E-state index is 12.2. The van der Waals surface area contributed by atoms with Crippen molar-refractivity contribution in [2.24, 2.45) is 0 Å². The molecule has 0 atom stereocenters. The van der Waals surface area contributed by atoms with Crippen LogP contribution in [0.4, 0.5) is 0 Å². The molecule has 0 radical (unpaired) electrons. The molecule has 2 aromatic rings. The number of carbonyl (C=O) groups excluding carboxylic acids is 1. The first kappa shape index (κ1) is 16.2. The Kier molecular flexibility index (Phi) is 5.66. The van der Waals surface area contributed by atoms with Crippen molar-refractivity contribution < 1.29 is 14.3 Å². The van der Waals surface area contributed by atoms with Gasteiger partial charge in [0.05, 0.1) is 36.4 Å². The molecule has 0 unspecified atom stereocenters. The fraction of sp³-hybridized carbons (Fsp3) is 0.438. The average molecular weight is 304 g/mol. The van der Waals surface area contributed by atoms with Gasteiger partial charge < -0.3 is 9.47 Å². The Morgan fingerprint density at radius 2 is 2.05 bits per heavy atom. The second-order valence-corrected chi connectivity index (χ2v) is 5.15. The van der Waals surface area contributed by atoms with Crippen molar-refractivity contribution in [3.05, 3.63) is 40.9 Å². The summed E-state index contributed by atoms with van der Waals surface area (Å²) in [7, 11) is 0. The molecule has 1 aromatic carbocycles. The summed E-state index contributed by atoms with van der Waals surface area (Å²) in [5, 5.41) is 0.545. The van der Waals surface area contributed by atoms with Crippen LogP contribution in [-0.2, 0) is 20.8 Å². The SMILES string of the molecule is CC(C)OCCOC(=O)CCn1cnc2ccccc2c1=O. The van der Waals surface area contributed by atoms with Gasteiger partial charge in [0.1, 0.15) is 6.61 Å². The molecule has 0 N–H and O–H groups in total. The molecule has 1 aromatic heterocycles. The lowest BCUT2D eigenvalue weighted by Crippen LogP contribution is -2.23. The number of rotatable bonds is 7. The highest BCUT2D eigenvalue weighted by molar-refractivity contribution is 5.77. The van der Waals surface area contributed by atoms with Gasteiger partial charge in [-0.3, -0.25) is 14.2 Å². The maximum atomic E-state index is 12.2. The van der Waals surface area contributed by atoms with E-state index in [0.717, 1.165) is 0 Å². The van der Waals surface area contributed by atoms with Gasteiger partial charge >= 0.3 is 5.97 Å². The summed E-state index contributed by atoms with van der Waals surface area (Å²) in [6.07, 6.45) is 1.70. The van der Waals surface area contributed by atoms with Gasteiger partial charge in [0.2, 0.25) is 0 Å². The summed E-state index contributed by atoms with van der Waals surface area (Å²) < 4.78 is 11.7. The number of aryl methyl sites for hydroxylation is 1. The first-order valence-electron chi connectivity index (χ1n) is 7.29. The zero-order valence-electron chi connectivity index (χ0n) is 12.8. The number of aromatic nitrogens is 2. The molecule has 0 aliphatic heterocycles. The molecule has 6 nitrogen and oxygen atoms in total. The van der Waals surface area contributed by atoms with Crippen LogP contribution in [0.1, 0.15) is 20.3 Å². The van der Waals surface area contributed by atoms with Crippen molar-refractivity contribution in [1.82, 2.24) is 9.55 Å². The van der Waals surface area contributed by atoms with E-state index in [-0.39, 0.29) is 37.2 Å². The highest BCUT2D eigenvalue weighted by atomic mass is 16.6. The van der Waals surface area contributed by atoms with E-state index in [4.69, 9.17) is 9.47 Å². The molecule has 6 heteroatoms. The molecule has 0 aliphatic carbocycles. The lowest BCUT2D eigenvalue weighted by molar-refractivity contribution is -0.145. The molecule has 118 valence electrons. The summed E-state index contributed by atoms with van der Waals surface area (Å²) >= 11 is 0. The monoisotopic (exact) mass is 304 g/mol.